The van der Waals surface area contributed by atoms with Gasteiger partial charge in [-0.3, -0.25) is 0 Å². The van der Waals surface area contributed by atoms with Gasteiger partial charge in [-0.25, -0.2) is 0 Å². The van der Waals surface area contributed by atoms with Crippen LogP contribution in [0.3, 0.4) is 0 Å². The van der Waals surface area contributed by atoms with Crippen molar-refractivity contribution in [2.24, 2.45) is 5.92 Å². The van der Waals surface area contributed by atoms with E-state index in [-0.39, 0.29) is 0 Å². The highest BCUT2D eigenvalue weighted by atomic mass is 14.1. The van der Waals surface area contributed by atoms with Crippen LogP contribution in [0.1, 0.15) is 64.2 Å². The number of unbranched alkanes of at least 4 members (excludes halogenated alkanes) is 6. The third-order valence-electron chi connectivity index (χ3n) is 4.18. The van der Waals surface area contributed by atoms with Crippen LogP contribution in [0.5, 0.6) is 0 Å². The lowest BCUT2D eigenvalue weighted by Crippen LogP contribution is -1.89. The van der Waals surface area contributed by atoms with Gasteiger partial charge in [0, 0.05) is 0 Å². The summed E-state index contributed by atoms with van der Waals surface area (Å²) in [6, 6.07) is 0. The summed E-state index contributed by atoms with van der Waals surface area (Å²) < 4.78 is 0. The zero-order chi connectivity index (χ0) is 13.2. The van der Waals surface area contributed by atoms with E-state index in [9.17, 15) is 0 Å². The Labute approximate surface area is 119 Å². The molecular formula is C19H28. The molecule has 0 spiro atoms. The van der Waals surface area contributed by atoms with Crippen molar-refractivity contribution < 1.29 is 0 Å². The Bertz CT molecular complexity index is 342. The lowest BCUT2D eigenvalue weighted by Gasteiger charge is -2.05. The molecule has 104 valence electrons. The van der Waals surface area contributed by atoms with Gasteiger partial charge >= 0.3 is 0 Å². The van der Waals surface area contributed by atoms with Crippen LogP contribution in [-0.2, 0) is 0 Å². The standard InChI is InChI=1S/C19H28/c1(2-4-6-12-18-14-8-9-15-18)3-5-7-13-19-16-10-11-17-19/h8-10,14-18H,1-7,11-13H2. The molecule has 2 aliphatic carbocycles. The fourth-order valence-corrected chi connectivity index (χ4v) is 2.96. The van der Waals surface area contributed by atoms with Gasteiger partial charge in [0.25, 0.3) is 0 Å². The molecule has 0 bridgehead atoms. The number of rotatable bonds is 10. The molecule has 0 atom stereocenters. The maximum atomic E-state index is 2.37. The lowest BCUT2D eigenvalue weighted by atomic mass is 10.0. The van der Waals surface area contributed by atoms with Gasteiger partial charge in [-0.1, -0.05) is 86.6 Å². The highest BCUT2D eigenvalue weighted by molar-refractivity contribution is 5.25. The normalized spacial score (nSPS) is 17.6. The molecule has 0 aromatic carbocycles. The van der Waals surface area contributed by atoms with E-state index in [2.05, 4.69) is 42.5 Å². The predicted molar refractivity (Wildman–Crippen MR) is 85.2 cm³/mol. The van der Waals surface area contributed by atoms with Crippen LogP contribution in [0.25, 0.3) is 0 Å². The highest BCUT2D eigenvalue weighted by Gasteiger charge is 2.02. The SMILES string of the molecule is C1=CC(CCCCCCCCCC2=CCC=C2)C=C1. The number of hydrogen-bond acceptors (Lipinski definition) is 0. The van der Waals surface area contributed by atoms with Crippen LogP contribution < -0.4 is 0 Å². The molecule has 2 aliphatic rings. The second kappa shape index (κ2) is 8.96. The molecular weight excluding hydrogens is 228 g/mol. The first-order valence-electron chi connectivity index (χ1n) is 8.16. The summed E-state index contributed by atoms with van der Waals surface area (Å²) in [6.07, 6.45) is 29.7. The fraction of sp³-hybridized carbons (Fsp3) is 0.579. The second-order valence-electron chi connectivity index (χ2n) is 5.86. The molecule has 0 saturated carbocycles. The summed E-state index contributed by atoms with van der Waals surface area (Å²) in [5.41, 5.74) is 1.57. The van der Waals surface area contributed by atoms with Crippen LogP contribution in [0.4, 0.5) is 0 Å². The molecule has 0 heteroatoms. The van der Waals surface area contributed by atoms with E-state index in [1.54, 1.807) is 5.57 Å². The molecule has 0 aromatic rings. The third-order valence-corrected chi connectivity index (χ3v) is 4.18. The molecule has 0 unspecified atom stereocenters. The Kier molecular flexibility index (Phi) is 6.78. The Balaban J connectivity index is 1.33. The Morgan fingerprint density at radius 2 is 1.53 bits per heavy atom. The molecule has 19 heavy (non-hydrogen) atoms. The van der Waals surface area contributed by atoms with E-state index in [0.717, 1.165) is 5.92 Å². The van der Waals surface area contributed by atoms with Crippen molar-refractivity contribution in [3.63, 3.8) is 0 Å². The topological polar surface area (TPSA) is 0 Å². The molecule has 0 N–H and O–H groups in total. The van der Waals surface area contributed by atoms with Gasteiger partial charge in [0.05, 0.1) is 0 Å². The van der Waals surface area contributed by atoms with Crippen LogP contribution >= 0.6 is 0 Å². The quantitative estimate of drug-likeness (QED) is 0.413. The zero-order valence-electron chi connectivity index (χ0n) is 12.2. The summed E-state index contributed by atoms with van der Waals surface area (Å²) in [5.74, 6) is 0.743. The van der Waals surface area contributed by atoms with Gasteiger partial charge in [-0.2, -0.15) is 0 Å². The van der Waals surface area contributed by atoms with Gasteiger partial charge in [-0.05, 0) is 31.6 Å². The van der Waals surface area contributed by atoms with Gasteiger partial charge in [-0.15, -0.1) is 0 Å². The van der Waals surface area contributed by atoms with Crippen LogP contribution in [0, 0.1) is 5.92 Å². The lowest BCUT2D eigenvalue weighted by molar-refractivity contribution is 0.551. The monoisotopic (exact) mass is 256 g/mol. The van der Waals surface area contributed by atoms with Crippen LogP contribution in [0.2, 0.25) is 0 Å². The smallest absolute Gasteiger partial charge is 0.00473 e. The maximum absolute atomic E-state index is 2.37. The molecule has 0 radical (unpaired) electrons. The van der Waals surface area contributed by atoms with Gasteiger partial charge < -0.3 is 0 Å². The fourth-order valence-electron chi connectivity index (χ4n) is 2.96. The first kappa shape index (κ1) is 14.4. The van der Waals surface area contributed by atoms with Crippen LogP contribution in [0.15, 0.2) is 48.1 Å². The average Bonchev–Trinajstić information content (AvgIpc) is 3.10. The van der Waals surface area contributed by atoms with Crippen molar-refractivity contribution in [1.29, 1.82) is 0 Å². The van der Waals surface area contributed by atoms with Crippen molar-refractivity contribution in [2.75, 3.05) is 0 Å². The molecule has 0 nitrogen and oxygen atoms in total. The second-order valence-corrected chi connectivity index (χ2v) is 5.86. The van der Waals surface area contributed by atoms with Crippen molar-refractivity contribution >= 4 is 0 Å². The minimum Gasteiger partial charge on any atom is -0.0805 e. The van der Waals surface area contributed by atoms with E-state index in [0.29, 0.717) is 0 Å². The van der Waals surface area contributed by atoms with E-state index in [1.807, 2.05) is 0 Å². The van der Waals surface area contributed by atoms with Gasteiger partial charge in [0.15, 0.2) is 0 Å². The molecule has 0 aromatic heterocycles. The average molecular weight is 256 g/mol. The first-order chi connectivity index (χ1) is 9.45. The number of allylic oxidation sites excluding steroid dienone is 8. The van der Waals surface area contributed by atoms with Crippen molar-refractivity contribution in [2.45, 2.75) is 64.2 Å². The van der Waals surface area contributed by atoms with Gasteiger partial charge in [0.2, 0.25) is 0 Å². The number of hydrogen-bond donors (Lipinski definition) is 0. The third kappa shape index (κ3) is 6.09. The first-order valence-corrected chi connectivity index (χ1v) is 8.16. The van der Waals surface area contributed by atoms with Crippen molar-refractivity contribution in [1.82, 2.24) is 0 Å². The summed E-state index contributed by atoms with van der Waals surface area (Å²) in [6.45, 7) is 0. The van der Waals surface area contributed by atoms with E-state index < -0.39 is 0 Å². The van der Waals surface area contributed by atoms with Crippen LogP contribution in [-0.4, -0.2) is 0 Å². The Morgan fingerprint density at radius 3 is 2.21 bits per heavy atom. The zero-order valence-corrected chi connectivity index (χ0v) is 12.2. The van der Waals surface area contributed by atoms with E-state index in [1.165, 1.54) is 64.2 Å². The highest BCUT2D eigenvalue weighted by Crippen LogP contribution is 2.19. The maximum Gasteiger partial charge on any atom is -0.00473 e. The molecule has 2 rings (SSSR count). The summed E-state index contributed by atoms with van der Waals surface area (Å²) in [5, 5.41) is 0. The summed E-state index contributed by atoms with van der Waals surface area (Å²) in [7, 11) is 0. The predicted octanol–water partition coefficient (Wildman–Crippen LogP) is 6.13. The van der Waals surface area contributed by atoms with Crippen molar-refractivity contribution in [3.8, 4) is 0 Å². The van der Waals surface area contributed by atoms with Gasteiger partial charge in [0.1, 0.15) is 0 Å². The molecule has 0 amide bonds. The molecule has 0 fully saturated rings. The largest absolute Gasteiger partial charge is 0.0805 e. The Hall–Kier alpha value is -1.04. The summed E-state index contributed by atoms with van der Waals surface area (Å²) in [4.78, 5) is 0. The molecule has 0 aliphatic heterocycles. The van der Waals surface area contributed by atoms with E-state index in [4.69, 9.17) is 0 Å². The molecule has 0 heterocycles. The molecule has 0 saturated heterocycles. The summed E-state index contributed by atoms with van der Waals surface area (Å²) >= 11 is 0. The Morgan fingerprint density at radius 1 is 0.842 bits per heavy atom. The van der Waals surface area contributed by atoms with E-state index >= 15 is 0 Å². The minimum atomic E-state index is 0.743. The minimum absolute atomic E-state index is 0.743. The van der Waals surface area contributed by atoms with Crippen molar-refractivity contribution in [3.05, 3.63) is 48.1 Å².